The molecule has 0 amide bonds. The van der Waals surface area contributed by atoms with Crippen LogP contribution in [0.2, 0.25) is 0 Å². The number of ether oxygens (including phenoxy) is 1. The van der Waals surface area contributed by atoms with Gasteiger partial charge in [-0.1, -0.05) is 35.0 Å². The minimum absolute atomic E-state index is 0.527. The van der Waals surface area contributed by atoms with Crippen molar-refractivity contribution in [1.82, 2.24) is 5.32 Å². The molecule has 0 aliphatic carbocycles. The molecule has 17 heavy (non-hydrogen) atoms. The van der Waals surface area contributed by atoms with E-state index in [9.17, 15) is 0 Å². The van der Waals surface area contributed by atoms with Crippen LogP contribution in [0.3, 0.4) is 0 Å². The van der Waals surface area contributed by atoms with E-state index in [4.69, 9.17) is 4.74 Å². The van der Waals surface area contributed by atoms with E-state index < -0.39 is 0 Å². The molecule has 0 saturated carbocycles. The maximum absolute atomic E-state index is 5.46. The maximum atomic E-state index is 5.46. The van der Waals surface area contributed by atoms with Crippen LogP contribution < -0.4 is 5.32 Å². The molecule has 1 aromatic carbocycles. The Morgan fingerprint density at radius 3 is 2.82 bits per heavy atom. The number of hydrogen-bond acceptors (Lipinski definition) is 2. The number of benzene rings is 1. The van der Waals surface area contributed by atoms with Gasteiger partial charge >= 0.3 is 0 Å². The molecular weight excluding hydrogens is 278 g/mol. The van der Waals surface area contributed by atoms with Crippen LogP contribution in [0.4, 0.5) is 0 Å². The Hall–Kier alpha value is -0.380. The van der Waals surface area contributed by atoms with Gasteiger partial charge in [0, 0.05) is 24.2 Å². The van der Waals surface area contributed by atoms with Crippen molar-refractivity contribution in [2.75, 3.05) is 26.3 Å². The third-order valence-electron chi connectivity index (χ3n) is 2.78. The minimum Gasteiger partial charge on any atom is -0.382 e. The van der Waals surface area contributed by atoms with E-state index in [1.54, 1.807) is 0 Å². The van der Waals surface area contributed by atoms with Crippen LogP contribution in [0.5, 0.6) is 0 Å². The molecule has 0 fully saturated rings. The summed E-state index contributed by atoms with van der Waals surface area (Å²) >= 11 is 3.53. The Bertz CT molecular complexity index is 317. The first kappa shape index (κ1) is 14.7. The van der Waals surface area contributed by atoms with Crippen LogP contribution in [-0.4, -0.2) is 26.3 Å². The molecule has 2 nitrogen and oxygen atoms in total. The lowest BCUT2D eigenvalue weighted by Gasteiger charge is -2.18. The first-order valence-corrected chi connectivity index (χ1v) is 7.11. The van der Waals surface area contributed by atoms with Gasteiger partial charge in [-0.15, -0.1) is 0 Å². The molecule has 0 spiro atoms. The lowest BCUT2D eigenvalue weighted by atomic mass is 9.96. The van der Waals surface area contributed by atoms with Gasteiger partial charge < -0.3 is 10.1 Å². The number of halogens is 1. The lowest BCUT2D eigenvalue weighted by Crippen LogP contribution is -2.22. The van der Waals surface area contributed by atoms with Crippen molar-refractivity contribution in [3.63, 3.8) is 0 Å². The predicted molar refractivity (Wildman–Crippen MR) is 76.5 cm³/mol. The third-order valence-corrected chi connectivity index (χ3v) is 3.27. The molecule has 96 valence electrons. The standard InChI is InChI=1S/C14H22BrNO/c1-3-16-11-13(8-9-17-4-2)12-6-5-7-14(15)10-12/h5-7,10,13,16H,3-4,8-9,11H2,1-2H3. The fourth-order valence-corrected chi connectivity index (χ4v) is 2.25. The van der Waals surface area contributed by atoms with Gasteiger partial charge in [-0.2, -0.15) is 0 Å². The predicted octanol–water partition coefficient (Wildman–Crippen LogP) is 3.57. The van der Waals surface area contributed by atoms with E-state index in [-0.39, 0.29) is 0 Å². The van der Waals surface area contributed by atoms with Gasteiger partial charge in [-0.25, -0.2) is 0 Å². The number of rotatable bonds is 8. The highest BCUT2D eigenvalue weighted by molar-refractivity contribution is 9.10. The van der Waals surface area contributed by atoms with Crippen LogP contribution in [0.15, 0.2) is 28.7 Å². The summed E-state index contributed by atoms with van der Waals surface area (Å²) in [4.78, 5) is 0. The molecule has 1 rings (SSSR count). The van der Waals surface area contributed by atoms with Crippen molar-refractivity contribution in [3.05, 3.63) is 34.3 Å². The van der Waals surface area contributed by atoms with Gasteiger partial charge in [-0.3, -0.25) is 0 Å². The second-order valence-electron chi connectivity index (χ2n) is 4.05. The SMILES string of the molecule is CCNCC(CCOCC)c1cccc(Br)c1. The summed E-state index contributed by atoms with van der Waals surface area (Å²) in [5.41, 5.74) is 1.38. The van der Waals surface area contributed by atoms with E-state index in [0.717, 1.165) is 37.2 Å². The van der Waals surface area contributed by atoms with Crippen LogP contribution >= 0.6 is 15.9 Å². The molecule has 1 atom stereocenters. The fourth-order valence-electron chi connectivity index (χ4n) is 1.84. The molecule has 1 unspecified atom stereocenters. The smallest absolute Gasteiger partial charge is 0.0472 e. The molecule has 0 aliphatic rings. The van der Waals surface area contributed by atoms with Gasteiger partial charge in [0.2, 0.25) is 0 Å². The zero-order chi connectivity index (χ0) is 12.5. The average Bonchev–Trinajstić information content (AvgIpc) is 2.33. The first-order valence-electron chi connectivity index (χ1n) is 6.31. The highest BCUT2D eigenvalue weighted by atomic mass is 79.9. The van der Waals surface area contributed by atoms with Crippen molar-refractivity contribution in [3.8, 4) is 0 Å². The van der Waals surface area contributed by atoms with Gasteiger partial charge in [0.05, 0.1) is 0 Å². The van der Waals surface area contributed by atoms with Gasteiger partial charge in [0.15, 0.2) is 0 Å². The van der Waals surface area contributed by atoms with Crippen molar-refractivity contribution >= 4 is 15.9 Å². The molecule has 0 saturated heterocycles. The molecule has 0 heterocycles. The van der Waals surface area contributed by atoms with Gasteiger partial charge in [-0.05, 0) is 43.5 Å². The number of hydrogen-bond donors (Lipinski definition) is 1. The zero-order valence-corrected chi connectivity index (χ0v) is 12.3. The molecule has 1 aromatic rings. The largest absolute Gasteiger partial charge is 0.382 e. The Morgan fingerprint density at radius 1 is 1.35 bits per heavy atom. The third kappa shape index (κ3) is 5.66. The fraction of sp³-hybridized carbons (Fsp3) is 0.571. The summed E-state index contributed by atoms with van der Waals surface area (Å²) in [7, 11) is 0. The van der Waals surface area contributed by atoms with Crippen molar-refractivity contribution < 1.29 is 4.74 Å². The number of likely N-dealkylation sites (N-methyl/N-ethyl adjacent to an activating group) is 1. The monoisotopic (exact) mass is 299 g/mol. The Morgan fingerprint density at radius 2 is 2.18 bits per heavy atom. The van der Waals surface area contributed by atoms with Crippen LogP contribution in [0.1, 0.15) is 31.7 Å². The van der Waals surface area contributed by atoms with Crippen LogP contribution in [0, 0.1) is 0 Å². The van der Waals surface area contributed by atoms with Crippen LogP contribution in [-0.2, 0) is 4.74 Å². The molecule has 0 aliphatic heterocycles. The average molecular weight is 300 g/mol. The zero-order valence-electron chi connectivity index (χ0n) is 10.7. The quantitative estimate of drug-likeness (QED) is 0.741. The van der Waals surface area contributed by atoms with E-state index >= 15 is 0 Å². The van der Waals surface area contributed by atoms with Crippen molar-refractivity contribution in [1.29, 1.82) is 0 Å². The summed E-state index contributed by atoms with van der Waals surface area (Å²) in [6, 6.07) is 8.56. The van der Waals surface area contributed by atoms with Crippen molar-refractivity contribution in [2.24, 2.45) is 0 Å². The van der Waals surface area contributed by atoms with Gasteiger partial charge in [0.25, 0.3) is 0 Å². The summed E-state index contributed by atoms with van der Waals surface area (Å²) in [6.45, 7) is 7.84. The molecule has 1 N–H and O–H groups in total. The Balaban J connectivity index is 2.60. The van der Waals surface area contributed by atoms with Gasteiger partial charge in [0.1, 0.15) is 0 Å². The van der Waals surface area contributed by atoms with E-state index in [2.05, 4.69) is 52.4 Å². The molecule has 0 aromatic heterocycles. The van der Waals surface area contributed by atoms with E-state index in [1.807, 2.05) is 6.92 Å². The Labute approximate surface area is 113 Å². The molecule has 3 heteroatoms. The summed E-state index contributed by atoms with van der Waals surface area (Å²) in [6.07, 6.45) is 1.07. The summed E-state index contributed by atoms with van der Waals surface area (Å²) in [5, 5.41) is 3.42. The summed E-state index contributed by atoms with van der Waals surface area (Å²) in [5.74, 6) is 0.527. The van der Waals surface area contributed by atoms with E-state index in [0.29, 0.717) is 5.92 Å². The second kappa shape index (κ2) is 8.67. The first-order chi connectivity index (χ1) is 8.27. The van der Waals surface area contributed by atoms with E-state index in [1.165, 1.54) is 5.56 Å². The second-order valence-corrected chi connectivity index (χ2v) is 4.96. The molecule has 0 bridgehead atoms. The lowest BCUT2D eigenvalue weighted by molar-refractivity contribution is 0.139. The summed E-state index contributed by atoms with van der Waals surface area (Å²) < 4.78 is 6.60. The topological polar surface area (TPSA) is 21.3 Å². The molecular formula is C14H22BrNO. The Kier molecular flexibility index (Phi) is 7.49. The maximum Gasteiger partial charge on any atom is 0.0472 e. The highest BCUT2D eigenvalue weighted by Gasteiger charge is 2.11. The highest BCUT2D eigenvalue weighted by Crippen LogP contribution is 2.22. The normalized spacial score (nSPS) is 12.6. The molecule has 0 radical (unpaired) electrons. The number of nitrogens with one attached hydrogen (secondary N) is 1. The van der Waals surface area contributed by atoms with Crippen molar-refractivity contribution in [2.45, 2.75) is 26.2 Å². The van der Waals surface area contributed by atoms with Crippen LogP contribution in [0.25, 0.3) is 0 Å². The minimum atomic E-state index is 0.527.